The lowest BCUT2D eigenvalue weighted by molar-refractivity contribution is 0.599. The second-order valence-electron chi connectivity index (χ2n) is 4.00. The number of para-hydroxylation sites is 1. The highest BCUT2D eigenvalue weighted by atomic mass is 19.1. The maximum atomic E-state index is 13.5. The van der Waals surface area contributed by atoms with Crippen molar-refractivity contribution >= 4 is 0 Å². The van der Waals surface area contributed by atoms with Crippen molar-refractivity contribution in [2.75, 3.05) is 7.05 Å². The van der Waals surface area contributed by atoms with E-state index < -0.39 is 0 Å². The molecule has 4 nitrogen and oxygen atoms in total. The van der Waals surface area contributed by atoms with Gasteiger partial charge in [0.25, 0.3) is 0 Å². The molecule has 1 N–H and O–H groups in total. The van der Waals surface area contributed by atoms with E-state index in [1.807, 2.05) is 7.05 Å². The second-order valence-corrected chi connectivity index (χ2v) is 4.00. The number of halogens is 1. The van der Waals surface area contributed by atoms with E-state index in [9.17, 15) is 4.39 Å². The molecular formula is C12H15FN4. The molecule has 2 aromatic rings. The van der Waals surface area contributed by atoms with E-state index in [1.54, 1.807) is 24.4 Å². The summed E-state index contributed by atoms with van der Waals surface area (Å²) in [5.74, 6) is -0.300. The van der Waals surface area contributed by atoms with Crippen molar-refractivity contribution in [2.45, 2.75) is 19.4 Å². The van der Waals surface area contributed by atoms with Crippen molar-refractivity contribution in [3.63, 3.8) is 0 Å². The smallest absolute Gasteiger partial charge is 0.148 e. The summed E-state index contributed by atoms with van der Waals surface area (Å²) in [6.07, 6.45) is 2.53. The predicted molar refractivity (Wildman–Crippen MR) is 63.5 cm³/mol. The van der Waals surface area contributed by atoms with Crippen LogP contribution in [-0.2, 0) is 6.42 Å². The van der Waals surface area contributed by atoms with Crippen LogP contribution in [0.1, 0.15) is 12.6 Å². The third kappa shape index (κ3) is 2.68. The number of likely N-dealkylation sites (N-methyl/N-ethyl adjacent to an activating group) is 1. The molecule has 2 rings (SSSR count). The summed E-state index contributed by atoms with van der Waals surface area (Å²) in [4.78, 5) is 0. The molecule has 0 saturated heterocycles. The summed E-state index contributed by atoms with van der Waals surface area (Å²) in [5, 5.41) is 11.1. The van der Waals surface area contributed by atoms with Crippen LogP contribution in [0.15, 0.2) is 30.5 Å². The van der Waals surface area contributed by atoms with Gasteiger partial charge in [-0.2, -0.15) is 0 Å². The summed E-state index contributed by atoms with van der Waals surface area (Å²) in [6, 6.07) is 6.83. The summed E-state index contributed by atoms with van der Waals surface area (Å²) in [6.45, 7) is 2.06. The van der Waals surface area contributed by atoms with E-state index in [2.05, 4.69) is 22.6 Å². The Balaban J connectivity index is 2.21. The highest BCUT2D eigenvalue weighted by Gasteiger charge is 2.08. The molecule has 1 unspecified atom stereocenters. The fourth-order valence-corrected chi connectivity index (χ4v) is 1.56. The first-order valence-corrected chi connectivity index (χ1v) is 5.54. The third-order valence-corrected chi connectivity index (χ3v) is 2.65. The second kappa shape index (κ2) is 5.05. The Morgan fingerprint density at radius 1 is 1.41 bits per heavy atom. The van der Waals surface area contributed by atoms with Crippen molar-refractivity contribution in [1.29, 1.82) is 0 Å². The van der Waals surface area contributed by atoms with Gasteiger partial charge in [0.2, 0.25) is 0 Å². The fraction of sp³-hybridized carbons (Fsp3) is 0.333. The monoisotopic (exact) mass is 234 g/mol. The Labute approximate surface area is 99.5 Å². The SMILES string of the molecule is CNC(C)Cc1cn(-c2ccccc2F)nn1. The van der Waals surface area contributed by atoms with Crippen LogP contribution in [0.25, 0.3) is 5.69 Å². The van der Waals surface area contributed by atoms with Gasteiger partial charge in [-0.15, -0.1) is 5.10 Å². The van der Waals surface area contributed by atoms with E-state index in [-0.39, 0.29) is 5.82 Å². The lowest BCUT2D eigenvalue weighted by Crippen LogP contribution is -2.23. The molecule has 1 atom stereocenters. The van der Waals surface area contributed by atoms with Crippen molar-refractivity contribution < 1.29 is 4.39 Å². The molecule has 0 fully saturated rings. The summed E-state index contributed by atoms with van der Waals surface area (Å²) < 4.78 is 15.0. The predicted octanol–water partition coefficient (Wildman–Crippen LogP) is 1.56. The summed E-state index contributed by atoms with van der Waals surface area (Å²) in [7, 11) is 1.89. The number of nitrogens with zero attached hydrogens (tertiary/aromatic N) is 3. The molecule has 17 heavy (non-hydrogen) atoms. The average Bonchev–Trinajstić information content (AvgIpc) is 2.78. The van der Waals surface area contributed by atoms with Crippen LogP contribution < -0.4 is 5.32 Å². The lowest BCUT2D eigenvalue weighted by Gasteiger charge is -2.05. The molecule has 0 saturated carbocycles. The Morgan fingerprint density at radius 3 is 2.88 bits per heavy atom. The minimum atomic E-state index is -0.300. The highest BCUT2D eigenvalue weighted by Crippen LogP contribution is 2.11. The molecule has 0 amide bonds. The van der Waals surface area contributed by atoms with Crippen LogP contribution >= 0.6 is 0 Å². The number of aromatic nitrogens is 3. The van der Waals surface area contributed by atoms with Crippen molar-refractivity contribution in [2.24, 2.45) is 0 Å². The molecule has 0 radical (unpaired) electrons. The number of nitrogens with one attached hydrogen (secondary N) is 1. The van der Waals surface area contributed by atoms with E-state index in [1.165, 1.54) is 10.7 Å². The minimum absolute atomic E-state index is 0.300. The van der Waals surface area contributed by atoms with E-state index in [4.69, 9.17) is 0 Å². The van der Waals surface area contributed by atoms with Crippen molar-refractivity contribution in [1.82, 2.24) is 20.3 Å². The van der Waals surface area contributed by atoms with E-state index in [0.29, 0.717) is 11.7 Å². The fourth-order valence-electron chi connectivity index (χ4n) is 1.56. The molecule has 0 aliphatic carbocycles. The summed E-state index contributed by atoms with van der Waals surface area (Å²) >= 11 is 0. The van der Waals surface area contributed by atoms with Crippen LogP contribution in [-0.4, -0.2) is 28.1 Å². The average molecular weight is 234 g/mol. The van der Waals surface area contributed by atoms with Crippen LogP contribution in [0.2, 0.25) is 0 Å². The minimum Gasteiger partial charge on any atom is -0.317 e. The Bertz CT molecular complexity index is 495. The largest absolute Gasteiger partial charge is 0.317 e. The van der Waals surface area contributed by atoms with Gasteiger partial charge >= 0.3 is 0 Å². The van der Waals surface area contributed by atoms with Crippen molar-refractivity contribution in [3.8, 4) is 5.69 Å². The van der Waals surface area contributed by atoms with Gasteiger partial charge in [0.1, 0.15) is 11.5 Å². The molecular weight excluding hydrogens is 219 g/mol. The van der Waals surface area contributed by atoms with Crippen LogP contribution in [0.5, 0.6) is 0 Å². The topological polar surface area (TPSA) is 42.7 Å². The number of hydrogen-bond acceptors (Lipinski definition) is 3. The Kier molecular flexibility index (Phi) is 3.49. The highest BCUT2D eigenvalue weighted by molar-refractivity contribution is 5.32. The molecule has 5 heteroatoms. The van der Waals surface area contributed by atoms with Gasteiger partial charge in [-0.1, -0.05) is 17.3 Å². The molecule has 1 aromatic carbocycles. The van der Waals surface area contributed by atoms with Gasteiger partial charge in [-0.25, -0.2) is 9.07 Å². The quantitative estimate of drug-likeness (QED) is 0.873. The first-order chi connectivity index (χ1) is 8.20. The van der Waals surface area contributed by atoms with Gasteiger partial charge in [0.15, 0.2) is 0 Å². The Morgan fingerprint density at radius 2 is 2.18 bits per heavy atom. The molecule has 1 aromatic heterocycles. The number of hydrogen-bond donors (Lipinski definition) is 1. The van der Waals surface area contributed by atoms with E-state index in [0.717, 1.165) is 12.1 Å². The van der Waals surface area contributed by atoms with Gasteiger partial charge in [0, 0.05) is 12.5 Å². The maximum absolute atomic E-state index is 13.5. The standard InChI is InChI=1S/C12H15FN4/c1-9(14-2)7-10-8-17(16-15-10)12-6-4-3-5-11(12)13/h3-6,8-9,14H,7H2,1-2H3. The molecule has 0 spiro atoms. The molecule has 0 aliphatic heterocycles. The Hall–Kier alpha value is -1.75. The van der Waals surface area contributed by atoms with Crippen LogP contribution in [0.3, 0.4) is 0 Å². The number of rotatable bonds is 4. The maximum Gasteiger partial charge on any atom is 0.148 e. The van der Waals surface area contributed by atoms with Gasteiger partial charge in [-0.05, 0) is 26.1 Å². The van der Waals surface area contributed by atoms with Gasteiger partial charge in [0.05, 0.1) is 11.9 Å². The normalized spacial score (nSPS) is 12.6. The van der Waals surface area contributed by atoms with Crippen molar-refractivity contribution in [3.05, 3.63) is 42.0 Å². The molecule has 90 valence electrons. The molecule has 1 heterocycles. The van der Waals surface area contributed by atoms with Gasteiger partial charge in [-0.3, -0.25) is 0 Å². The first kappa shape index (κ1) is 11.7. The lowest BCUT2D eigenvalue weighted by atomic mass is 10.2. The van der Waals surface area contributed by atoms with Crippen LogP contribution in [0.4, 0.5) is 4.39 Å². The van der Waals surface area contributed by atoms with Crippen LogP contribution in [0, 0.1) is 5.82 Å². The van der Waals surface area contributed by atoms with E-state index >= 15 is 0 Å². The molecule has 0 bridgehead atoms. The zero-order chi connectivity index (χ0) is 12.3. The number of benzene rings is 1. The molecule has 0 aliphatic rings. The zero-order valence-electron chi connectivity index (χ0n) is 9.89. The van der Waals surface area contributed by atoms with Gasteiger partial charge < -0.3 is 5.32 Å². The summed E-state index contributed by atoms with van der Waals surface area (Å²) in [5.41, 5.74) is 1.26. The zero-order valence-corrected chi connectivity index (χ0v) is 9.89. The first-order valence-electron chi connectivity index (χ1n) is 5.54. The third-order valence-electron chi connectivity index (χ3n) is 2.65.